The third-order valence-corrected chi connectivity index (χ3v) is 5.65. The van der Waals surface area contributed by atoms with Crippen molar-refractivity contribution in [1.29, 1.82) is 5.26 Å². The highest BCUT2D eigenvalue weighted by Gasteiger charge is 2.30. The van der Waals surface area contributed by atoms with Crippen LogP contribution in [0.5, 0.6) is 0 Å². The Morgan fingerprint density at radius 1 is 1.29 bits per heavy atom. The van der Waals surface area contributed by atoms with E-state index in [0.29, 0.717) is 13.1 Å². The SMILES string of the molecule is N#Cc1nncn1-c1ccc(S(=O)(=O)N2CCCC2)cc1[N+](=O)[O-]. The van der Waals surface area contributed by atoms with E-state index >= 15 is 0 Å². The molecule has 0 atom stereocenters. The summed E-state index contributed by atoms with van der Waals surface area (Å²) in [5.74, 6) is -0.131. The molecule has 0 radical (unpaired) electrons. The molecule has 3 rings (SSSR count). The Kier molecular flexibility index (Phi) is 4.00. The standard InChI is InChI=1S/C13H12N6O4S/c14-8-13-16-15-9-18(13)11-4-3-10(7-12(11)19(20)21)24(22,23)17-5-1-2-6-17/h3-4,7,9H,1-2,5-6H2. The van der Waals surface area contributed by atoms with Crippen LogP contribution >= 0.6 is 0 Å². The third-order valence-electron chi connectivity index (χ3n) is 3.75. The number of rotatable bonds is 4. The van der Waals surface area contributed by atoms with Crippen molar-refractivity contribution in [3.8, 4) is 11.8 Å². The number of sulfonamides is 1. The van der Waals surface area contributed by atoms with Crippen molar-refractivity contribution >= 4 is 15.7 Å². The van der Waals surface area contributed by atoms with Crippen LogP contribution in [-0.4, -0.2) is 45.5 Å². The van der Waals surface area contributed by atoms with Gasteiger partial charge in [0, 0.05) is 19.2 Å². The number of nitriles is 1. The van der Waals surface area contributed by atoms with Crippen LogP contribution in [0.4, 0.5) is 5.69 Å². The summed E-state index contributed by atoms with van der Waals surface area (Å²) in [6, 6.07) is 5.35. The van der Waals surface area contributed by atoms with E-state index in [1.54, 1.807) is 6.07 Å². The van der Waals surface area contributed by atoms with Crippen LogP contribution in [0, 0.1) is 21.4 Å². The number of nitrogens with zero attached hydrogens (tertiary/aromatic N) is 6. The second-order valence-corrected chi connectivity index (χ2v) is 7.09. The topological polar surface area (TPSA) is 135 Å². The Hall–Kier alpha value is -2.84. The van der Waals surface area contributed by atoms with Crippen molar-refractivity contribution in [3.63, 3.8) is 0 Å². The normalized spacial score (nSPS) is 15.3. The molecule has 0 spiro atoms. The molecule has 0 aliphatic carbocycles. The zero-order valence-electron chi connectivity index (χ0n) is 12.4. The number of aromatic nitrogens is 3. The fourth-order valence-corrected chi connectivity index (χ4v) is 4.12. The number of nitro groups is 1. The molecule has 1 saturated heterocycles. The van der Waals surface area contributed by atoms with Crippen molar-refractivity contribution in [2.75, 3.05) is 13.1 Å². The first-order valence-electron chi connectivity index (χ1n) is 7.04. The predicted molar refractivity (Wildman–Crippen MR) is 80.7 cm³/mol. The first-order valence-corrected chi connectivity index (χ1v) is 8.48. The zero-order valence-corrected chi connectivity index (χ0v) is 13.2. The molecule has 0 bridgehead atoms. The molecule has 124 valence electrons. The Labute approximate surface area is 137 Å². The molecule has 1 aromatic carbocycles. The molecule has 0 saturated carbocycles. The fourth-order valence-electron chi connectivity index (χ4n) is 2.58. The van der Waals surface area contributed by atoms with Crippen LogP contribution in [0.2, 0.25) is 0 Å². The van der Waals surface area contributed by atoms with Gasteiger partial charge in [0.1, 0.15) is 18.1 Å². The summed E-state index contributed by atoms with van der Waals surface area (Å²) in [6.45, 7) is 0.809. The van der Waals surface area contributed by atoms with E-state index in [4.69, 9.17) is 5.26 Å². The molecular formula is C13H12N6O4S. The lowest BCUT2D eigenvalue weighted by molar-refractivity contribution is -0.384. The Morgan fingerprint density at radius 3 is 2.62 bits per heavy atom. The number of nitro benzene ring substituents is 1. The predicted octanol–water partition coefficient (Wildman–Crippen LogP) is 0.832. The molecule has 0 amide bonds. The van der Waals surface area contributed by atoms with E-state index in [0.717, 1.165) is 29.8 Å². The van der Waals surface area contributed by atoms with Crippen molar-refractivity contribution < 1.29 is 13.3 Å². The average molecular weight is 348 g/mol. The second kappa shape index (κ2) is 5.99. The van der Waals surface area contributed by atoms with Crippen molar-refractivity contribution in [2.45, 2.75) is 17.7 Å². The highest BCUT2D eigenvalue weighted by Crippen LogP contribution is 2.29. The number of hydrogen-bond acceptors (Lipinski definition) is 7. The molecular weight excluding hydrogens is 336 g/mol. The molecule has 2 aromatic rings. The molecule has 11 heteroatoms. The molecule has 1 fully saturated rings. The highest BCUT2D eigenvalue weighted by atomic mass is 32.2. The van der Waals surface area contributed by atoms with Crippen LogP contribution in [0.3, 0.4) is 0 Å². The maximum Gasteiger partial charge on any atom is 0.294 e. The van der Waals surface area contributed by atoms with E-state index in [1.165, 1.54) is 16.4 Å². The maximum absolute atomic E-state index is 12.5. The van der Waals surface area contributed by atoms with Crippen LogP contribution in [0.1, 0.15) is 18.7 Å². The first-order chi connectivity index (χ1) is 11.4. The Balaban J connectivity index is 2.12. The minimum Gasteiger partial charge on any atom is -0.266 e. The van der Waals surface area contributed by atoms with Gasteiger partial charge in [-0.2, -0.15) is 9.57 Å². The van der Waals surface area contributed by atoms with Gasteiger partial charge in [0.2, 0.25) is 15.8 Å². The second-order valence-electron chi connectivity index (χ2n) is 5.16. The van der Waals surface area contributed by atoms with E-state index in [1.807, 2.05) is 0 Å². The first kappa shape index (κ1) is 16.0. The van der Waals surface area contributed by atoms with Gasteiger partial charge in [-0.25, -0.2) is 8.42 Å². The minimum atomic E-state index is -3.77. The Morgan fingerprint density at radius 2 is 2.00 bits per heavy atom. The van der Waals surface area contributed by atoms with E-state index in [9.17, 15) is 18.5 Å². The number of benzene rings is 1. The number of hydrogen-bond donors (Lipinski definition) is 0. The van der Waals surface area contributed by atoms with Crippen molar-refractivity contribution in [2.24, 2.45) is 0 Å². The summed E-state index contributed by atoms with van der Waals surface area (Å²) in [7, 11) is -3.77. The monoisotopic (exact) mass is 348 g/mol. The van der Waals surface area contributed by atoms with Gasteiger partial charge >= 0.3 is 0 Å². The maximum atomic E-state index is 12.5. The summed E-state index contributed by atoms with van der Waals surface area (Å²) in [6.07, 6.45) is 2.70. The third kappa shape index (κ3) is 2.61. The molecule has 0 unspecified atom stereocenters. The smallest absolute Gasteiger partial charge is 0.266 e. The molecule has 1 aliphatic heterocycles. The van der Waals surface area contributed by atoms with Crippen LogP contribution < -0.4 is 0 Å². The van der Waals surface area contributed by atoms with Gasteiger partial charge in [0.25, 0.3) is 5.69 Å². The Bertz CT molecular complexity index is 940. The highest BCUT2D eigenvalue weighted by molar-refractivity contribution is 7.89. The van der Waals surface area contributed by atoms with Gasteiger partial charge in [0.05, 0.1) is 9.82 Å². The summed E-state index contributed by atoms with van der Waals surface area (Å²) in [5, 5.41) is 27.5. The molecule has 1 aromatic heterocycles. The van der Waals surface area contributed by atoms with Gasteiger partial charge in [-0.05, 0) is 25.0 Å². The zero-order chi connectivity index (χ0) is 17.3. The molecule has 24 heavy (non-hydrogen) atoms. The van der Waals surface area contributed by atoms with E-state index in [-0.39, 0.29) is 16.4 Å². The van der Waals surface area contributed by atoms with Crippen LogP contribution in [0.15, 0.2) is 29.4 Å². The molecule has 1 aliphatic rings. The van der Waals surface area contributed by atoms with Crippen molar-refractivity contribution in [1.82, 2.24) is 19.1 Å². The lowest BCUT2D eigenvalue weighted by atomic mass is 10.2. The van der Waals surface area contributed by atoms with Gasteiger partial charge in [0.15, 0.2) is 0 Å². The minimum absolute atomic E-state index is 0.0296. The van der Waals surface area contributed by atoms with Gasteiger partial charge in [-0.15, -0.1) is 10.2 Å². The van der Waals surface area contributed by atoms with Gasteiger partial charge in [-0.3, -0.25) is 14.7 Å². The van der Waals surface area contributed by atoms with E-state index < -0.39 is 20.6 Å². The van der Waals surface area contributed by atoms with Crippen LogP contribution in [-0.2, 0) is 10.0 Å². The quantitative estimate of drug-likeness (QED) is 0.589. The van der Waals surface area contributed by atoms with Gasteiger partial charge < -0.3 is 0 Å². The van der Waals surface area contributed by atoms with E-state index in [2.05, 4.69) is 10.2 Å². The largest absolute Gasteiger partial charge is 0.294 e. The fraction of sp³-hybridized carbons (Fsp3) is 0.308. The lowest BCUT2D eigenvalue weighted by Gasteiger charge is -2.15. The molecule has 0 N–H and O–H groups in total. The molecule has 2 heterocycles. The summed E-state index contributed by atoms with van der Waals surface area (Å²) >= 11 is 0. The summed E-state index contributed by atoms with van der Waals surface area (Å²) in [5.41, 5.74) is -0.409. The average Bonchev–Trinajstić information content (AvgIpc) is 3.25. The lowest BCUT2D eigenvalue weighted by Crippen LogP contribution is -2.27. The van der Waals surface area contributed by atoms with Gasteiger partial charge in [-0.1, -0.05) is 0 Å². The van der Waals surface area contributed by atoms with Crippen LogP contribution in [0.25, 0.3) is 5.69 Å². The van der Waals surface area contributed by atoms with Crippen molar-refractivity contribution in [3.05, 3.63) is 40.5 Å². The summed E-state index contributed by atoms with van der Waals surface area (Å²) in [4.78, 5) is 10.5. The summed E-state index contributed by atoms with van der Waals surface area (Å²) < 4.78 is 27.6. The molecule has 10 nitrogen and oxygen atoms in total.